The fraction of sp³-hybridized carbons (Fsp3) is 0.583. The van der Waals surface area contributed by atoms with Gasteiger partial charge < -0.3 is 43.4 Å². The first kappa shape index (κ1) is 32.2. The van der Waals surface area contributed by atoms with Gasteiger partial charge in [-0.15, -0.1) is 0 Å². The number of rotatable bonds is 18. The SMILES string of the molecule is NCCCCC(NC(=O)C(N)Cc1ccc(O)cc1)C(=O)NC(CCCCN)C(=O)NC(CS)C(=O)O. The van der Waals surface area contributed by atoms with Crippen LogP contribution in [-0.4, -0.2) is 76.9 Å². The van der Waals surface area contributed by atoms with E-state index in [1.807, 2.05) is 0 Å². The Hall–Kier alpha value is -2.87. The third kappa shape index (κ3) is 12.3. The number of thiol groups is 1. The van der Waals surface area contributed by atoms with Crippen molar-refractivity contribution in [1.29, 1.82) is 0 Å². The van der Waals surface area contributed by atoms with Gasteiger partial charge in [0.05, 0.1) is 6.04 Å². The number of phenolic OH excluding ortho intramolecular Hbond substituents is 1. The Balaban J connectivity index is 2.94. The molecule has 0 bridgehead atoms. The molecule has 208 valence electrons. The fourth-order valence-electron chi connectivity index (χ4n) is 3.51. The van der Waals surface area contributed by atoms with Gasteiger partial charge in [-0.05, 0) is 75.7 Å². The second kappa shape index (κ2) is 17.6. The molecule has 0 heterocycles. The van der Waals surface area contributed by atoms with Crippen LogP contribution in [-0.2, 0) is 25.6 Å². The lowest BCUT2D eigenvalue weighted by atomic mass is 10.0. The molecule has 13 heteroatoms. The van der Waals surface area contributed by atoms with E-state index in [4.69, 9.17) is 17.2 Å². The predicted molar refractivity (Wildman–Crippen MR) is 143 cm³/mol. The number of hydrogen-bond donors (Lipinski definition) is 9. The standard InChI is InChI=1S/C24H40N6O6S/c25-11-3-1-5-18(28-21(32)17(27)13-15-7-9-16(31)10-8-15)22(33)29-19(6-2-4-12-26)23(34)30-20(14-37)24(35)36/h7-10,17-20,31,37H,1-6,11-14,25-27H2,(H,28,32)(H,29,33)(H,30,34)(H,35,36). The maximum absolute atomic E-state index is 13.2. The number of benzene rings is 1. The summed E-state index contributed by atoms with van der Waals surface area (Å²) >= 11 is 3.95. The number of aliphatic carboxylic acids is 1. The van der Waals surface area contributed by atoms with Gasteiger partial charge in [0.15, 0.2) is 0 Å². The molecule has 1 rings (SSSR count). The van der Waals surface area contributed by atoms with Crippen LogP contribution in [0.15, 0.2) is 24.3 Å². The number of carbonyl (C=O) groups excluding carboxylic acids is 3. The molecule has 4 unspecified atom stereocenters. The number of carboxylic acid groups (broad SMARTS) is 1. The van der Waals surface area contributed by atoms with Crippen molar-refractivity contribution in [3.63, 3.8) is 0 Å². The first-order chi connectivity index (χ1) is 17.6. The number of nitrogens with two attached hydrogens (primary N) is 3. The molecule has 4 atom stereocenters. The Bertz CT molecular complexity index is 872. The monoisotopic (exact) mass is 540 g/mol. The molecule has 3 amide bonds. The van der Waals surface area contributed by atoms with E-state index in [2.05, 4.69) is 28.6 Å². The summed E-state index contributed by atoms with van der Waals surface area (Å²) in [6, 6.07) is 2.09. The molecule has 1 aromatic rings. The first-order valence-corrected chi connectivity index (χ1v) is 12.9. The minimum absolute atomic E-state index is 0.0903. The van der Waals surface area contributed by atoms with E-state index in [1.54, 1.807) is 12.1 Å². The zero-order valence-corrected chi connectivity index (χ0v) is 21.8. The summed E-state index contributed by atoms with van der Waals surface area (Å²) in [7, 11) is 0. The van der Waals surface area contributed by atoms with Crippen LogP contribution in [0.1, 0.15) is 44.1 Å². The summed E-state index contributed by atoms with van der Waals surface area (Å²) in [5.41, 5.74) is 17.9. The topological polar surface area (TPSA) is 223 Å². The van der Waals surface area contributed by atoms with Crippen molar-refractivity contribution in [3.8, 4) is 5.75 Å². The molecular formula is C24H40N6O6S. The molecule has 1 aromatic carbocycles. The number of hydrogen-bond acceptors (Lipinski definition) is 9. The number of carbonyl (C=O) groups is 4. The second-order valence-corrected chi connectivity index (χ2v) is 9.12. The Morgan fingerprint density at radius 3 is 1.68 bits per heavy atom. The molecule has 0 fully saturated rings. The Morgan fingerprint density at radius 1 is 0.784 bits per heavy atom. The van der Waals surface area contributed by atoms with Gasteiger partial charge in [-0.1, -0.05) is 12.1 Å². The maximum atomic E-state index is 13.2. The summed E-state index contributed by atoms with van der Waals surface area (Å²) < 4.78 is 0. The Labute approximate surface area is 222 Å². The fourth-order valence-corrected chi connectivity index (χ4v) is 3.76. The van der Waals surface area contributed by atoms with Crippen molar-refractivity contribution in [1.82, 2.24) is 16.0 Å². The lowest BCUT2D eigenvalue weighted by Gasteiger charge is -2.25. The number of aromatic hydroxyl groups is 1. The highest BCUT2D eigenvalue weighted by atomic mass is 32.1. The van der Waals surface area contributed by atoms with Crippen LogP contribution >= 0.6 is 12.6 Å². The van der Waals surface area contributed by atoms with Gasteiger partial charge in [0.1, 0.15) is 23.9 Å². The summed E-state index contributed by atoms with van der Waals surface area (Å²) in [5, 5.41) is 26.3. The average Bonchev–Trinajstić information content (AvgIpc) is 2.86. The molecule has 37 heavy (non-hydrogen) atoms. The van der Waals surface area contributed by atoms with Crippen molar-refractivity contribution in [2.75, 3.05) is 18.8 Å². The number of unbranched alkanes of at least 4 members (excludes halogenated alkanes) is 2. The number of carboxylic acids is 1. The highest BCUT2D eigenvalue weighted by molar-refractivity contribution is 7.80. The summed E-state index contributed by atoms with van der Waals surface area (Å²) in [6.07, 6.45) is 3.00. The zero-order chi connectivity index (χ0) is 27.8. The van der Waals surface area contributed by atoms with E-state index in [1.165, 1.54) is 12.1 Å². The van der Waals surface area contributed by atoms with E-state index in [9.17, 15) is 29.4 Å². The van der Waals surface area contributed by atoms with E-state index >= 15 is 0 Å². The van der Waals surface area contributed by atoms with Crippen molar-refractivity contribution in [2.24, 2.45) is 17.2 Å². The quantitative estimate of drug-likeness (QED) is 0.0820. The molecule has 0 aliphatic carbocycles. The van der Waals surface area contributed by atoms with E-state index in [-0.39, 0.29) is 30.8 Å². The van der Waals surface area contributed by atoms with Gasteiger partial charge in [0.25, 0.3) is 0 Å². The molecule has 12 nitrogen and oxygen atoms in total. The van der Waals surface area contributed by atoms with Gasteiger partial charge in [0, 0.05) is 5.75 Å². The zero-order valence-electron chi connectivity index (χ0n) is 20.9. The van der Waals surface area contributed by atoms with Gasteiger partial charge in [-0.2, -0.15) is 12.6 Å². The van der Waals surface area contributed by atoms with Crippen LogP contribution in [0.2, 0.25) is 0 Å². The molecule has 0 radical (unpaired) electrons. The van der Waals surface area contributed by atoms with Crippen LogP contribution in [0.25, 0.3) is 0 Å². The van der Waals surface area contributed by atoms with E-state index in [0.29, 0.717) is 38.8 Å². The molecule has 0 aliphatic rings. The van der Waals surface area contributed by atoms with E-state index in [0.717, 1.165) is 5.56 Å². The number of amides is 3. The highest BCUT2D eigenvalue weighted by Crippen LogP contribution is 2.11. The summed E-state index contributed by atoms with van der Waals surface area (Å²) in [4.78, 5) is 50.1. The Morgan fingerprint density at radius 2 is 1.24 bits per heavy atom. The highest BCUT2D eigenvalue weighted by Gasteiger charge is 2.29. The first-order valence-electron chi connectivity index (χ1n) is 12.3. The number of phenols is 1. The minimum Gasteiger partial charge on any atom is -0.508 e. The van der Waals surface area contributed by atoms with Crippen LogP contribution in [0.5, 0.6) is 5.75 Å². The molecule has 0 spiro atoms. The normalized spacial score (nSPS) is 14.2. The van der Waals surface area contributed by atoms with Crippen LogP contribution < -0.4 is 33.2 Å². The van der Waals surface area contributed by atoms with Crippen LogP contribution in [0.3, 0.4) is 0 Å². The van der Waals surface area contributed by atoms with Gasteiger partial charge >= 0.3 is 5.97 Å². The predicted octanol–water partition coefficient (Wildman–Crippen LogP) is -1.01. The van der Waals surface area contributed by atoms with Crippen molar-refractivity contribution < 1.29 is 29.4 Å². The smallest absolute Gasteiger partial charge is 0.327 e. The molecule has 0 aliphatic heterocycles. The average molecular weight is 541 g/mol. The molecule has 11 N–H and O–H groups in total. The minimum atomic E-state index is -1.25. The third-order valence-corrected chi connectivity index (χ3v) is 6.05. The lowest BCUT2D eigenvalue weighted by Crippen LogP contribution is -2.57. The third-order valence-electron chi connectivity index (χ3n) is 5.69. The maximum Gasteiger partial charge on any atom is 0.327 e. The summed E-state index contributed by atoms with van der Waals surface area (Å²) in [6.45, 7) is 0.806. The van der Waals surface area contributed by atoms with Crippen molar-refractivity contribution >= 4 is 36.3 Å². The molecule has 0 aromatic heterocycles. The van der Waals surface area contributed by atoms with Gasteiger partial charge in [-0.3, -0.25) is 14.4 Å². The van der Waals surface area contributed by atoms with E-state index < -0.39 is 47.9 Å². The summed E-state index contributed by atoms with van der Waals surface area (Å²) in [5.74, 6) is -3.08. The van der Waals surface area contributed by atoms with Crippen molar-refractivity contribution in [3.05, 3.63) is 29.8 Å². The Kier molecular flexibility index (Phi) is 15.3. The molecular weight excluding hydrogens is 500 g/mol. The van der Waals surface area contributed by atoms with Gasteiger partial charge in [-0.25, -0.2) is 4.79 Å². The lowest BCUT2D eigenvalue weighted by molar-refractivity contribution is -0.141. The van der Waals surface area contributed by atoms with Crippen molar-refractivity contribution in [2.45, 2.75) is 69.1 Å². The number of nitrogens with one attached hydrogen (secondary N) is 3. The van der Waals surface area contributed by atoms with Gasteiger partial charge in [0.2, 0.25) is 17.7 Å². The van der Waals surface area contributed by atoms with Crippen LogP contribution in [0, 0.1) is 0 Å². The second-order valence-electron chi connectivity index (χ2n) is 8.75. The largest absolute Gasteiger partial charge is 0.508 e. The molecule has 0 saturated heterocycles. The van der Waals surface area contributed by atoms with Crippen LogP contribution in [0.4, 0.5) is 0 Å². The molecule has 0 saturated carbocycles.